The molecular formula is C16H21NO5S. The molecule has 1 aromatic rings. The van der Waals surface area contributed by atoms with Crippen molar-refractivity contribution in [2.75, 3.05) is 20.3 Å². The van der Waals surface area contributed by atoms with Gasteiger partial charge in [-0.25, -0.2) is 8.42 Å². The average molecular weight is 339 g/mol. The first-order valence-electron chi connectivity index (χ1n) is 7.85. The van der Waals surface area contributed by atoms with Crippen molar-refractivity contribution in [2.24, 2.45) is 0 Å². The molecule has 7 heteroatoms. The fourth-order valence-electron chi connectivity index (χ4n) is 3.49. The first-order chi connectivity index (χ1) is 11.0. The number of esters is 1. The summed E-state index contributed by atoms with van der Waals surface area (Å²) < 4.78 is 37.8. The molecule has 0 unspecified atom stereocenters. The lowest BCUT2D eigenvalue weighted by Crippen LogP contribution is -2.62. The lowest BCUT2D eigenvalue weighted by Gasteiger charge is -2.45. The Hall–Kier alpha value is -1.60. The Morgan fingerprint density at radius 1 is 1.13 bits per heavy atom. The molecule has 2 aliphatic rings. The highest BCUT2D eigenvalue weighted by atomic mass is 32.2. The van der Waals surface area contributed by atoms with Crippen molar-refractivity contribution in [1.82, 2.24) is 4.31 Å². The lowest BCUT2D eigenvalue weighted by molar-refractivity contribution is -0.165. The molecule has 1 heterocycles. The second kappa shape index (κ2) is 6.13. The zero-order chi connectivity index (χ0) is 16.5. The van der Waals surface area contributed by atoms with Crippen molar-refractivity contribution in [2.45, 2.75) is 42.5 Å². The van der Waals surface area contributed by atoms with Crippen LogP contribution in [0.1, 0.15) is 32.1 Å². The Balaban J connectivity index is 2.00. The Labute approximate surface area is 136 Å². The molecule has 126 valence electrons. The van der Waals surface area contributed by atoms with Gasteiger partial charge in [-0.3, -0.25) is 4.79 Å². The molecule has 1 saturated carbocycles. The van der Waals surface area contributed by atoms with Crippen LogP contribution in [0, 0.1) is 0 Å². The molecule has 0 bridgehead atoms. The monoisotopic (exact) mass is 339 g/mol. The van der Waals surface area contributed by atoms with Gasteiger partial charge in [0.15, 0.2) is 0 Å². The number of ether oxygens (including phenoxy) is 2. The molecule has 23 heavy (non-hydrogen) atoms. The van der Waals surface area contributed by atoms with Gasteiger partial charge in [-0.05, 0) is 37.1 Å². The van der Waals surface area contributed by atoms with Crippen LogP contribution in [0.4, 0.5) is 0 Å². The number of cyclic esters (lactones) is 1. The number of hydrogen-bond donors (Lipinski definition) is 0. The molecule has 2 fully saturated rings. The molecule has 0 amide bonds. The molecule has 1 spiro atoms. The Morgan fingerprint density at radius 3 is 2.39 bits per heavy atom. The van der Waals surface area contributed by atoms with Crippen LogP contribution in [0.2, 0.25) is 0 Å². The number of sulfonamides is 1. The van der Waals surface area contributed by atoms with Gasteiger partial charge >= 0.3 is 5.97 Å². The SMILES string of the molecule is COc1ccc(S(=O)(=O)N2CCOC(=O)C23CCCCC3)cc1. The minimum Gasteiger partial charge on any atom is -0.497 e. The van der Waals surface area contributed by atoms with Gasteiger partial charge in [0.05, 0.1) is 12.0 Å². The van der Waals surface area contributed by atoms with E-state index in [0.29, 0.717) is 18.6 Å². The fraction of sp³-hybridized carbons (Fsp3) is 0.562. The largest absolute Gasteiger partial charge is 0.497 e. The van der Waals surface area contributed by atoms with E-state index in [9.17, 15) is 13.2 Å². The topological polar surface area (TPSA) is 72.9 Å². The predicted octanol–water partition coefficient (Wildman–Crippen LogP) is 1.95. The number of hydrogen-bond acceptors (Lipinski definition) is 5. The smallest absolute Gasteiger partial charge is 0.327 e. The lowest BCUT2D eigenvalue weighted by atomic mass is 9.81. The van der Waals surface area contributed by atoms with Crippen LogP contribution in [0.3, 0.4) is 0 Å². The Bertz CT molecular complexity index is 677. The molecule has 1 aliphatic carbocycles. The normalized spacial score (nSPS) is 21.9. The highest BCUT2D eigenvalue weighted by Gasteiger charge is 2.53. The summed E-state index contributed by atoms with van der Waals surface area (Å²) in [6, 6.07) is 6.26. The van der Waals surface area contributed by atoms with E-state index in [0.717, 1.165) is 19.3 Å². The molecule has 0 N–H and O–H groups in total. The van der Waals surface area contributed by atoms with E-state index >= 15 is 0 Å². The van der Waals surface area contributed by atoms with Gasteiger partial charge in [0, 0.05) is 6.54 Å². The number of rotatable bonds is 3. The fourth-order valence-corrected chi connectivity index (χ4v) is 5.25. The van der Waals surface area contributed by atoms with Crippen LogP contribution in [-0.4, -0.2) is 44.5 Å². The molecule has 0 aromatic heterocycles. The molecule has 0 radical (unpaired) electrons. The summed E-state index contributed by atoms with van der Waals surface area (Å²) in [5.41, 5.74) is -1.03. The van der Waals surface area contributed by atoms with Crippen molar-refractivity contribution in [3.63, 3.8) is 0 Å². The minimum absolute atomic E-state index is 0.107. The summed E-state index contributed by atoms with van der Waals surface area (Å²) in [5, 5.41) is 0. The van der Waals surface area contributed by atoms with E-state index in [-0.39, 0.29) is 18.0 Å². The van der Waals surface area contributed by atoms with E-state index in [1.165, 1.54) is 23.5 Å². The predicted molar refractivity (Wildman–Crippen MR) is 83.7 cm³/mol. The summed E-state index contributed by atoms with van der Waals surface area (Å²) in [6.45, 7) is 0.316. The Kier molecular flexibility index (Phi) is 4.33. The number of morpholine rings is 1. The number of carbonyl (C=O) groups excluding carboxylic acids is 1. The summed E-state index contributed by atoms with van der Waals surface area (Å²) in [5.74, 6) is 0.190. The first-order valence-corrected chi connectivity index (χ1v) is 9.29. The van der Waals surface area contributed by atoms with Crippen LogP contribution >= 0.6 is 0 Å². The summed E-state index contributed by atoms with van der Waals surface area (Å²) in [7, 11) is -2.22. The highest BCUT2D eigenvalue weighted by Crippen LogP contribution is 2.40. The number of carbonyl (C=O) groups is 1. The van der Waals surface area contributed by atoms with E-state index < -0.39 is 21.5 Å². The van der Waals surface area contributed by atoms with Crippen LogP contribution < -0.4 is 4.74 Å². The van der Waals surface area contributed by atoms with Crippen LogP contribution in [-0.2, 0) is 19.6 Å². The van der Waals surface area contributed by atoms with Crippen molar-refractivity contribution in [3.05, 3.63) is 24.3 Å². The molecule has 6 nitrogen and oxygen atoms in total. The summed E-state index contributed by atoms with van der Waals surface area (Å²) in [4.78, 5) is 12.6. The zero-order valence-corrected chi connectivity index (χ0v) is 14.0. The van der Waals surface area contributed by atoms with Crippen molar-refractivity contribution < 1.29 is 22.7 Å². The Morgan fingerprint density at radius 2 is 1.78 bits per heavy atom. The van der Waals surface area contributed by atoms with Gasteiger partial charge < -0.3 is 9.47 Å². The molecule has 1 aliphatic heterocycles. The quantitative estimate of drug-likeness (QED) is 0.787. The van der Waals surface area contributed by atoms with E-state index in [4.69, 9.17) is 9.47 Å². The van der Waals surface area contributed by atoms with E-state index in [1.807, 2.05) is 0 Å². The molecule has 0 atom stereocenters. The average Bonchev–Trinajstić information content (AvgIpc) is 2.58. The maximum absolute atomic E-state index is 13.1. The van der Waals surface area contributed by atoms with E-state index in [1.54, 1.807) is 12.1 Å². The maximum Gasteiger partial charge on any atom is 0.327 e. The first kappa shape index (κ1) is 16.3. The van der Waals surface area contributed by atoms with Crippen molar-refractivity contribution in [1.29, 1.82) is 0 Å². The second-order valence-electron chi connectivity index (χ2n) is 5.98. The van der Waals surface area contributed by atoms with Gasteiger partial charge in [-0.1, -0.05) is 19.3 Å². The second-order valence-corrected chi connectivity index (χ2v) is 7.84. The van der Waals surface area contributed by atoms with Crippen LogP contribution in [0.25, 0.3) is 0 Å². The standard InChI is InChI=1S/C16H21NO5S/c1-21-13-5-7-14(8-6-13)23(19,20)17-11-12-22-15(18)16(17)9-3-2-4-10-16/h5-8H,2-4,9-12H2,1H3. The molecular weight excluding hydrogens is 318 g/mol. The van der Waals surface area contributed by atoms with Gasteiger partial charge in [0.2, 0.25) is 10.0 Å². The molecule has 3 rings (SSSR count). The third-order valence-electron chi connectivity index (χ3n) is 4.71. The number of benzene rings is 1. The number of nitrogens with zero attached hydrogens (tertiary/aromatic N) is 1. The minimum atomic E-state index is -3.75. The third kappa shape index (κ3) is 2.72. The van der Waals surface area contributed by atoms with Crippen molar-refractivity contribution in [3.8, 4) is 5.75 Å². The van der Waals surface area contributed by atoms with Crippen LogP contribution in [0.5, 0.6) is 5.75 Å². The van der Waals surface area contributed by atoms with Crippen LogP contribution in [0.15, 0.2) is 29.2 Å². The summed E-state index contributed by atoms with van der Waals surface area (Å²) >= 11 is 0. The van der Waals surface area contributed by atoms with Gasteiger partial charge in [-0.2, -0.15) is 4.31 Å². The van der Waals surface area contributed by atoms with Crippen molar-refractivity contribution >= 4 is 16.0 Å². The summed E-state index contributed by atoms with van der Waals surface area (Å²) in [6.07, 6.45) is 3.75. The number of methoxy groups -OCH3 is 1. The van der Waals surface area contributed by atoms with Gasteiger partial charge in [-0.15, -0.1) is 0 Å². The van der Waals surface area contributed by atoms with Gasteiger partial charge in [0.1, 0.15) is 17.9 Å². The van der Waals surface area contributed by atoms with E-state index in [2.05, 4.69) is 0 Å². The highest BCUT2D eigenvalue weighted by molar-refractivity contribution is 7.89. The third-order valence-corrected chi connectivity index (χ3v) is 6.69. The maximum atomic E-state index is 13.1. The molecule has 1 aromatic carbocycles. The molecule has 1 saturated heterocycles. The van der Waals surface area contributed by atoms with Gasteiger partial charge in [0.25, 0.3) is 0 Å². The zero-order valence-electron chi connectivity index (χ0n) is 13.2.